The largest absolute Gasteiger partial charge is 0.478 e. The fraction of sp³-hybridized carbons (Fsp3) is 0.500. The first-order valence-corrected chi connectivity index (χ1v) is 7.25. The minimum atomic E-state index is -0.902. The van der Waals surface area contributed by atoms with E-state index in [1.165, 1.54) is 0 Å². The first kappa shape index (κ1) is 14.3. The van der Waals surface area contributed by atoms with Gasteiger partial charge in [0.05, 0.1) is 5.56 Å². The first-order chi connectivity index (χ1) is 8.95. The zero-order chi connectivity index (χ0) is 14.0. The third-order valence-electron chi connectivity index (χ3n) is 3.72. The first-order valence-electron chi connectivity index (χ1n) is 6.46. The van der Waals surface area contributed by atoms with Gasteiger partial charge in [-0.05, 0) is 45.0 Å². The van der Waals surface area contributed by atoms with E-state index in [2.05, 4.69) is 40.1 Å². The van der Waals surface area contributed by atoms with Gasteiger partial charge in [-0.2, -0.15) is 0 Å². The van der Waals surface area contributed by atoms with Crippen molar-refractivity contribution in [2.45, 2.75) is 31.8 Å². The lowest BCUT2D eigenvalue weighted by Gasteiger charge is -2.35. The van der Waals surface area contributed by atoms with Crippen molar-refractivity contribution >= 4 is 27.6 Å². The second-order valence-electron chi connectivity index (χ2n) is 5.23. The number of piperidine rings is 1. The van der Waals surface area contributed by atoms with Gasteiger partial charge in [0.1, 0.15) is 0 Å². The van der Waals surface area contributed by atoms with Crippen molar-refractivity contribution in [3.63, 3.8) is 0 Å². The van der Waals surface area contributed by atoms with Gasteiger partial charge in [0.15, 0.2) is 0 Å². The lowest BCUT2D eigenvalue weighted by Crippen LogP contribution is -2.42. The highest BCUT2D eigenvalue weighted by Gasteiger charge is 2.22. The van der Waals surface area contributed by atoms with Crippen molar-refractivity contribution in [2.75, 3.05) is 18.9 Å². The smallest absolute Gasteiger partial charge is 0.335 e. The molecular formula is C14H19BrN2O2. The monoisotopic (exact) mass is 326 g/mol. The SMILES string of the molecule is CC1CC(Nc2cc(Br)cc(C(=O)O)c2)CCN1C. The Hall–Kier alpha value is -1.07. The van der Waals surface area contributed by atoms with E-state index in [1.807, 2.05) is 6.07 Å². The molecule has 1 fully saturated rings. The molecule has 2 rings (SSSR count). The molecule has 1 aliphatic heterocycles. The summed E-state index contributed by atoms with van der Waals surface area (Å²) < 4.78 is 0.788. The van der Waals surface area contributed by atoms with Crippen LogP contribution in [0.15, 0.2) is 22.7 Å². The van der Waals surface area contributed by atoms with Crippen LogP contribution in [0.4, 0.5) is 5.69 Å². The third-order valence-corrected chi connectivity index (χ3v) is 4.18. The van der Waals surface area contributed by atoms with Crippen LogP contribution in [0.2, 0.25) is 0 Å². The Morgan fingerprint density at radius 2 is 2.21 bits per heavy atom. The average Bonchev–Trinajstić information content (AvgIpc) is 2.33. The molecule has 0 amide bonds. The number of carbonyl (C=O) groups is 1. The summed E-state index contributed by atoms with van der Waals surface area (Å²) in [4.78, 5) is 13.4. The lowest BCUT2D eigenvalue weighted by atomic mass is 9.98. The molecule has 19 heavy (non-hydrogen) atoms. The number of carboxylic acids is 1. The predicted octanol–water partition coefficient (Wildman–Crippen LogP) is 3.04. The van der Waals surface area contributed by atoms with E-state index in [0.29, 0.717) is 17.6 Å². The van der Waals surface area contributed by atoms with Crippen LogP contribution in [-0.2, 0) is 0 Å². The van der Waals surface area contributed by atoms with Crippen LogP contribution in [0.25, 0.3) is 0 Å². The Balaban J connectivity index is 2.09. The highest BCUT2D eigenvalue weighted by atomic mass is 79.9. The molecule has 0 aromatic heterocycles. The summed E-state index contributed by atoms with van der Waals surface area (Å²) in [5.74, 6) is -0.902. The van der Waals surface area contributed by atoms with Crippen LogP contribution in [-0.4, -0.2) is 41.7 Å². The summed E-state index contributed by atoms with van der Waals surface area (Å²) in [6.45, 7) is 3.29. The summed E-state index contributed by atoms with van der Waals surface area (Å²) >= 11 is 3.36. The molecule has 2 unspecified atom stereocenters. The Labute approximate surface area is 121 Å². The van der Waals surface area contributed by atoms with Crippen LogP contribution in [0.1, 0.15) is 30.1 Å². The lowest BCUT2D eigenvalue weighted by molar-refractivity contribution is 0.0697. The fourth-order valence-electron chi connectivity index (χ4n) is 2.45. The summed E-state index contributed by atoms with van der Waals surface area (Å²) in [6, 6.07) is 6.19. The summed E-state index contributed by atoms with van der Waals surface area (Å²) in [6.07, 6.45) is 2.15. The van der Waals surface area contributed by atoms with Gasteiger partial charge in [-0.25, -0.2) is 4.79 Å². The number of rotatable bonds is 3. The molecule has 0 bridgehead atoms. The molecule has 0 spiro atoms. The molecular weight excluding hydrogens is 308 g/mol. The van der Waals surface area contributed by atoms with Crippen LogP contribution >= 0.6 is 15.9 Å². The maximum Gasteiger partial charge on any atom is 0.335 e. The highest BCUT2D eigenvalue weighted by molar-refractivity contribution is 9.10. The van der Waals surface area contributed by atoms with Crippen molar-refractivity contribution in [1.29, 1.82) is 0 Å². The minimum Gasteiger partial charge on any atom is -0.478 e. The standard InChI is InChI=1S/C14H19BrN2O2/c1-9-5-12(3-4-17(9)2)16-13-7-10(14(18)19)6-11(15)8-13/h6-9,12,16H,3-5H2,1-2H3,(H,18,19). The van der Waals surface area contributed by atoms with Crippen molar-refractivity contribution < 1.29 is 9.90 Å². The van der Waals surface area contributed by atoms with E-state index in [0.717, 1.165) is 29.5 Å². The van der Waals surface area contributed by atoms with Crippen molar-refractivity contribution in [1.82, 2.24) is 4.90 Å². The van der Waals surface area contributed by atoms with Crippen molar-refractivity contribution in [2.24, 2.45) is 0 Å². The van der Waals surface area contributed by atoms with E-state index < -0.39 is 5.97 Å². The van der Waals surface area contributed by atoms with Gasteiger partial charge in [0.25, 0.3) is 0 Å². The zero-order valence-electron chi connectivity index (χ0n) is 11.2. The topological polar surface area (TPSA) is 52.6 Å². The Morgan fingerprint density at radius 1 is 1.47 bits per heavy atom. The molecule has 2 atom stereocenters. The Morgan fingerprint density at radius 3 is 2.84 bits per heavy atom. The number of nitrogens with one attached hydrogen (secondary N) is 1. The number of anilines is 1. The van der Waals surface area contributed by atoms with Crippen LogP contribution in [0.3, 0.4) is 0 Å². The predicted molar refractivity (Wildman–Crippen MR) is 79.8 cm³/mol. The molecule has 0 saturated carbocycles. The Kier molecular flexibility index (Phi) is 4.47. The summed E-state index contributed by atoms with van der Waals surface area (Å²) in [5, 5.41) is 12.5. The number of halogens is 1. The molecule has 1 heterocycles. The number of hydrogen-bond acceptors (Lipinski definition) is 3. The van der Waals surface area contributed by atoms with Crippen LogP contribution in [0, 0.1) is 0 Å². The quantitative estimate of drug-likeness (QED) is 0.896. The molecule has 1 saturated heterocycles. The number of benzene rings is 1. The molecule has 104 valence electrons. The summed E-state index contributed by atoms with van der Waals surface area (Å²) in [7, 11) is 2.14. The van der Waals surface area contributed by atoms with Crippen LogP contribution in [0.5, 0.6) is 0 Å². The number of aromatic carboxylic acids is 1. The molecule has 1 aromatic rings. The normalized spacial score (nSPS) is 24.2. The molecule has 1 aromatic carbocycles. The molecule has 0 aliphatic carbocycles. The van der Waals surface area contributed by atoms with E-state index >= 15 is 0 Å². The van der Waals surface area contributed by atoms with Gasteiger partial charge >= 0.3 is 5.97 Å². The van der Waals surface area contributed by atoms with E-state index in [9.17, 15) is 4.79 Å². The minimum absolute atomic E-state index is 0.304. The summed E-state index contributed by atoms with van der Waals surface area (Å²) in [5.41, 5.74) is 1.17. The van der Waals surface area contributed by atoms with Gasteiger partial charge in [-0.3, -0.25) is 0 Å². The molecule has 4 nitrogen and oxygen atoms in total. The maximum atomic E-state index is 11.0. The third kappa shape index (κ3) is 3.70. The molecule has 0 radical (unpaired) electrons. The second-order valence-corrected chi connectivity index (χ2v) is 6.14. The maximum absolute atomic E-state index is 11.0. The highest BCUT2D eigenvalue weighted by Crippen LogP contribution is 2.24. The molecule has 2 N–H and O–H groups in total. The van der Waals surface area contributed by atoms with Gasteiger partial charge in [0.2, 0.25) is 0 Å². The van der Waals surface area contributed by atoms with E-state index in [1.54, 1.807) is 12.1 Å². The number of carboxylic acid groups (broad SMARTS) is 1. The number of hydrogen-bond donors (Lipinski definition) is 2. The molecule has 5 heteroatoms. The van der Waals surface area contributed by atoms with E-state index in [-0.39, 0.29) is 0 Å². The van der Waals surface area contributed by atoms with Crippen LogP contribution < -0.4 is 5.32 Å². The van der Waals surface area contributed by atoms with Gasteiger partial charge in [0, 0.05) is 28.8 Å². The van der Waals surface area contributed by atoms with Gasteiger partial charge < -0.3 is 15.3 Å². The van der Waals surface area contributed by atoms with Gasteiger partial charge in [-0.15, -0.1) is 0 Å². The van der Waals surface area contributed by atoms with Crippen molar-refractivity contribution in [3.8, 4) is 0 Å². The zero-order valence-corrected chi connectivity index (χ0v) is 12.8. The van der Waals surface area contributed by atoms with E-state index in [4.69, 9.17) is 5.11 Å². The Bertz CT molecular complexity index is 479. The van der Waals surface area contributed by atoms with Crippen molar-refractivity contribution in [3.05, 3.63) is 28.2 Å². The fourth-order valence-corrected chi connectivity index (χ4v) is 2.95. The molecule has 1 aliphatic rings. The second kappa shape index (κ2) is 5.92. The average molecular weight is 327 g/mol. The number of likely N-dealkylation sites (tertiary alicyclic amines) is 1. The van der Waals surface area contributed by atoms with Gasteiger partial charge in [-0.1, -0.05) is 15.9 Å². The number of nitrogens with zero attached hydrogens (tertiary/aromatic N) is 1.